The lowest BCUT2D eigenvalue weighted by Gasteiger charge is -2.04. The van der Waals surface area contributed by atoms with Crippen molar-refractivity contribution < 1.29 is 18.0 Å². The van der Waals surface area contributed by atoms with Crippen molar-refractivity contribution in [1.29, 1.82) is 0 Å². The minimum absolute atomic E-state index is 0.00862. The minimum Gasteiger partial charge on any atom is -0.413 e. The van der Waals surface area contributed by atoms with Gasteiger partial charge in [0, 0.05) is 5.56 Å². The van der Waals surface area contributed by atoms with E-state index in [0.717, 1.165) is 0 Å². The molecule has 0 aliphatic heterocycles. The summed E-state index contributed by atoms with van der Waals surface area (Å²) in [5, 5.41) is 18.0. The summed E-state index contributed by atoms with van der Waals surface area (Å²) in [6, 6.07) is 8.54. The number of aromatic amines is 1. The first-order chi connectivity index (χ1) is 9.50. The third-order valence-electron chi connectivity index (χ3n) is 2.41. The number of rotatable bonds is 5. The Bertz CT molecular complexity index is 762. The molecule has 0 aliphatic carbocycles. The Hall–Kier alpha value is -2.00. The van der Waals surface area contributed by atoms with Gasteiger partial charge in [0.1, 0.15) is 11.5 Å². The zero-order valence-corrected chi connectivity index (χ0v) is 11.8. The molecule has 0 unspecified atom stereocenters. The smallest absolute Gasteiger partial charge is 0.284 e. The molecule has 0 atom stereocenters. The first-order valence-corrected chi connectivity index (χ1v) is 7.74. The fourth-order valence-corrected chi connectivity index (χ4v) is 2.95. The van der Waals surface area contributed by atoms with Crippen LogP contribution < -0.4 is 0 Å². The van der Waals surface area contributed by atoms with Gasteiger partial charge in [0.05, 0.1) is 5.75 Å². The van der Waals surface area contributed by atoms with Crippen LogP contribution in [0.4, 0.5) is 0 Å². The Morgan fingerprint density at radius 2 is 2.10 bits per heavy atom. The van der Waals surface area contributed by atoms with Crippen molar-refractivity contribution in [3.63, 3.8) is 0 Å². The summed E-state index contributed by atoms with van der Waals surface area (Å²) < 4.78 is 28.9. The molecule has 9 heteroatoms. The highest BCUT2D eigenvalue weighted by molar-refractivity contribution is 7.91. The number of oxime groups is 1. The molecule has 0 radical (unpaired) electrons. The summed E-state index contributed by atoms with van der Waals surface area (Å²) in [7, 11) is -3.59. The van der Waals surface area contributed by atoms with Crippen LogP contribution in [0.2, 0.25) is 0 Å². The molecule has 1 aromatic heterocycles. The van der Waals surface area contributed by atoms with Crippen molar-refractivity contribution in [2.45, 2.75) is 5.75 Å². The number of sulfone groups is 1. The molecule has 1 aromatic carbocycles. The van der Waals surface area contributed by atoms with Gasteiger partial charge in [-0.3, -0.25) is 0 Å². The van der Waals surface area contributed by atoms with E-state index in [4.69, 9.17) is 9.62 Å². The highest BCUT2D eigenvalue weighted by Crippen LogP contribution is 2.08. The predicted octanol–water partition coefficient (Wildman–Crippen LogP) is 1.53. The number of hydrogen-bond acceptors (Lipinski definition) is 7. The lowest BCUT2D eigenvalue weighted by Crippen LogP contribution is -2.19. The first-order valence-electron chi connectivity index (χ1n) is 5.51. The highest BCUT2D eigenvalue weighted by Gasteiger charge is 2.20. The number of benzene rings is 1. The van der Waals surface area contributed by atoms with Crippen molar-refractivity contribution in [3.8, 4) is 0 Å². The van der Waals surface area contributed by atoms with E-state index in [2.05, 4.69) is 27.6 Å². The van der Waals surface area contributed by atoms with Gasteiger partial charge in [-0.05, 0) is 12.2 Å². The van der Waals surface area contributed by atoms with Gasteiger partial charge in [0.25, 0.3) is 4.84 Å². The van der Waals surface area contributed by atoms with Crippen LogP contribution in [0, 0.1) is 4.84 Å². The number of hydrogen-bond donors (Lipinski definition) is 2. The second-order valence-corrected chi connectivity index (χ2v) is 6.39. The van der Waals surface area contributed by atoms with Gasteiger partial charge in [-0.15, -0.1) is 5.10 Å². The summed E-state index contributed by atoms with van der Waals surface area (Å²) in [4.78, 5) is 0.00862. The van der Waals surface area contributed by atoms with E-state index in [1.165, 1.54) is 0 Å². The summed E-state index contributed by atoms with van der Waals surface area (Å²) in [6.07, 6.45) is 0. The van der Waals surface area contributed by atoms with Crippen LogP contribution in [0.25, 0.3) is 0 Å². The van der Waals surface area contributed by atoms with Crippen molar-refractivity contribution in [3.05, 3.63) is 46.6 Å². The SMILES string of the molecule is O=S(=O)(C/C(=N/O)c1ccccc1)Cc1n[nH]c(=S)o1. The quantitative estimate of drug-likeness (QED) is 0.375. The van der Waals surface area contributed by atoms with E-state index in [-0.39, 0.29) is 16.4 Å². The predicted molar refractivity (Wildman–Crippen MR) is 73.9 cm³/mol. The van der Waals surface area contributed by atoms with Crippen molar-refractivity contribution in [2.75, 3.05) is 5.75 Å². The van der Waals surface area contributed by atoms with Crippen molar-refractivity contribution in [2.24, 2.45) is 5.16 Å². The summed E-state index contributed by atoms with van der Waals surface area (Å²) in [6.45, 7) is 0. The minimum atomic E-state index is -3.59. The molecular formula is C11H11N3O4S2. The second kappa shape index (κ2) is 5.97. The third kappa shape index (κ3) is 3.75. The molecule has 0 aliphatic rings. The van der Waals surface area contributed by atoms with Crippen molar-refractivity contribution in [1.82, 2.24) is 10.2 Å². The lowest BCUT2D eigenvalue weighted by atomic mass is 10.1. The van der Waals surface area contributed by atoms with E-state index in [9.17, 15) is 8.42 Å². The van der Waals surface area contributed by atoms with Gasteiger partial charge in [0.15, 0.2) is 9.84 Å². The molecule has 20 heavy (non-hydrogen) atoms. The van der Waals surface area contributed by atoms with Crippen LogP contribution in [0.5, 0.6) is 0 Å². The molecule has 106 valence electrons. The largest absolute Gasteiger partial charge is 0.413 e. The van der Waals surface area contributed by atoms with Gasteiger partial charge in [-0.1, -0.05) is 35.5 Å². The molecule has 1 heterocycles. The van der Waals surface area contributed by atoms with E-state index >= 15 is 0 Å². The van der Waals surface area contributed by atoms with Gasteiger partial charge in [-0.25, -0.2) is 13.5 Å². The zero-order chi connectivity index (χ0) is 14.6. The maximum absolute atomic E-state index is 12.0. The van der Waals surface area contributed by atoms with Crippen molar-refractivity contribution >= 4 is 27.8 Å². The molecule has 2 N–H and O–H groups in total. The van der Waals surface area contributed by atoms with Gasteiger partial charge in [0.2, 0.25) is 5.89 Å². The molecule has 0 fully saturated rings. The number of nitrogens with one attached hydrogen (secondary N) is 1. The molecular weight excluding hydrogens is 302 g/mol. The molecule has 2 aromatic rings. The molecule has 0 amide bonds. The van der Waals surface area contributed by atoms with E-state index in [1.54, 1.807) is 30.3 Å². The topological polar surface area (TPSA) is 109 Å². The fraction of sp³-hybridized carbons (Fsp3) is 0.182. The van der Waals surface area contributed by atoms with E-state index in [1.807, 2.05) is 0 Å². The average Bonchev–Trinajstić information content (AvgIpc) is 2.81. The van der Waals surface area contributed by atoms with Crippen LogP contribution in [0.3, 0.4) is 0 Å². The molecule has 0 saturated heterocycles. The maximum Gasteiger partial charge on any atom is 0.284 e. The van der Waals surface area contributed by atoms with Crippen LogP contribution in [-0.2, 0) is 15.6 Å². The fourth-order valence-electron chi connectivity index (χ4n) is 1.57. The van der Waals surface area contributed by atoms with E-state index < -0.39 is 21.3 Å². The first kappa shape index (κ1) is 14.4. The Kier molecular flexibility index (Phi) is 4.30. The van der Waals surface area contributed by atoms with Crippen LogP contribution in [0.15, 0.2) is 39.9 Å². The summed E-state index contributed by atoms with van der Waals surface area (Å²) in [5.41, 5.74) is 0.584. The van der Waals surface area contributed by atoms with Crippen LogP contribution in [-0.4, -0.2) is 35.3 Å². The molecule has 0 saturated carbocycles. The average molecular weight is 313 g/mol. The highest BCUT2D eigenvalue weighted by atomic mass is 32.2. The molecule has 0 bridgehead atoms. The van der Waals surface area contributed by atoms with Gasteiger partial charge in [-0.2, -0.15) is 0 Å². The van der Waals surface area contributed by atoms with Gasteiger partial charge < -0.3 is 9.62 Å². The normalized spacial score (nSPS) is 12.5. The number of H-pyrrole nitrogens is 1. The zero-order valence-electron chi connectivity index (χ0n) is 10.2. The summed E-state index contributed by atoms with van der Waals surface area (Å²) >= 11 is 4.67. The Labute approximate surface area is 119 Å². The van der Waals surface area contributed by atoms with Crippen LogP contribution >= 0.6 is 12.2 Å². The van der Waals surface area contributed by atoms with E-state index in [0.29, 0.717) is 5.56 Å². The monoisotopic (exact) mass is 313 g/mol. The lowest BCUT2D eigenvalue weighted by molar-refractivity contribution is 0.319. The maximum atomic E-state index is 12.0. The Balaban J connectivity index is 2.17. The second-order valence-electron chi connectivity index (χ2n) is 3.95. The van der Waals surface area contributed by atoms with Gasteiger partial charge >= 0.3 is 0 Å². The standard InChI is InChI=1S/C11H11N3O4S2/c15-14-9(8-4-2-1-3-5-8)6-20(16,17)7-10-12-13-11(19)18-10/h1-5,15H,6-7H2,(H,13,19)/b14-9-. The third-order valence-corrected chi connectivity index (χ3v) is 3.98. The Morgan fingerprint density at radius 1 is 1.40 bits per heavy atom. The molecule has 0 spiro atoms. The summed E-state index contributed by atoms with van der Waals surface area (Å²) in [5.74, 6) is -0.880. The van der Waals surface area contributed by atoms with Crippen LogP contribution in [0.1, 0.15) is 11.5 Å². The Morgan fingerprint density at radius 3 is 2.65 bits per heavy atom. The molecule has 2 rings (SSSR count). The molecule has 7 nitrogen and oxygen atoms in total. The number of aromatic nitrogens is 2. The number of nitrogens with zero attached hydrogens (tertiary/aromatic N) is 2.